The molecule has 0 radical (unpaired) electrons. The first-order valence-corrected chi connectivity index (χ1v) is 10.1. The topological polar surface area (TPSA) is 85.5 Å². The maximum atomic E-state index is 9.71. The fourth-order valence-electron chi connectivity index (χ4n) is 3.56. The van der Waals surface area contributed by atoms with Crippen LogP contribution in [0.1, 0.15) is 23.2 Å². The molecule has 1 atom stereocenters. The van der Waals surface area contributed by atoms with E-state index >= 15 is 0 Å². The molecule has 0 bridgehead atoms. The van der Waals surface area contributed by atoms with Gasteiger partial charge in [-0.15, -0.1) is 0 Å². The molecule has 158 valence electrons. The Bertz CT molecular complexity index is 1010. The molecular formula is C22H27N5O3. The highest BCUT2D eigenvalue weighted by Gasteiger charge is 2.21. The van der Waals surface area contributed by atoms with E-state index in [-0.39, 0.29) is 6.61 Å². The summed E-state index contributed by atoms with van der Waals surface area (Å²) in [6.07, 6.45) is -0.600. The maximum Gasteiger partial charge on any atom is 0.164 e. The van der Waals surface area contributed by atoms with Gasteiger partial charge in [-0.1, -0.05) is 23.8 Å². The molecule has 0 spiro atoms. The maximum absolute atomic E-state index is 9.71. The van der Waals surface area contributed by atoms with Gasteiger partial charge in [0.05, 0.1) is 25.5 Å². The van der Waals surface area contributed by atoms with Crippen molar-refractivity contribution in [2.75, 3.05) is 44.9 Å². The Balaban J connectivity index is 1.78. The van der Waals surface area contributed by atoms with Gasteiger partial charge < -0.3 is 19.5 Å². The Hall–Kier alpha value is -2.81. The molecule has 8 nitrogen and oxygen atoms in total. The molecule has 30 heavy (non-hydrogen) atoms. The number of aliphatic hydroxyl groups is 1. The van der Waals surface area contributed by atoms with Crippen molar-refractivity contribution in [3.8, 4) is 17.1 Å². The van der Waals surface area contributed by atoms with Crippen LogP contribution in [0.3, 0.4) is 0 Å². The number of hydrogen-bond donors (Lipinski definition) is 1. The highest BCUT2D eigenvalue weighted by atomic mass is 16.5. The number of benzene rings is 1. The van der Waals surface area contributed by atoms with Crippen LogP contribution in [0.25, 0.3) is 17.1 Å². The highest BCUT2D eigenvalue weighted by molar-refractivity contribution is 5.61. The zero-order chi connectivity index (χ0) is 21.1. The average Bonchev–Trinajstić information content (AvgIpc) is 3.17. The minimum Gasteiger partial charge on any atom is -0.393 e. The molecule has 4 rings (SSSR count). The van der Waals surface area contributed by atoms with E-state index in [4.69, 9.17) is 14.6 Å². The fourth-order valence-corrected chi connectivity index (χ4v) is 3.56. The van der Waals surface area contributed by atoms with Crippen LogP contribution >= 0.6 is 0 Å². The van der Waals surface area contributed by atoms with Gasteiger partial charge in [-0.25, -0.2) is 14.6 Å². The van der Waals surface area contributed by atoms with Crippen LogP contribution in [-0.4, -0.2) is 64.9 Å². The van der Waals surface area contributed by atoms with E-state index in [9.17, 15) is 5.11 Å². The average molecular weight is 409 g/mol. The Kier molecular flexibility index (Phi) is 6.08. The van der Waals surface area contributed by atoms with Gasteiger partial charge in [0.1, 0.15) is 11.9 Å². The normalized spacial score (nSPS) is 15.4. The predicted molar refractivity (Wildman–Crippen MR) is 114 cm³/mol. The molecule has 1 N–H and O–H groups in total. The third kappa shape index (κ3) is 4.21. The number of nitrogens with zero attached hydrogens (tertiary/aromatic N) is 5. The highest BCUT2D eigenvalue weighted by Crippen LogP contribution is 2.25. The van der Waals surface area contributed by atoms with E-state index in [1.807, 2.05) is 29.8 Å². The Morgan fingerprint density at radius 3 is 2.57 bits per heavy atom. The van der Waals surface area contributed by atoms with Gasteiger partial charge in [-0.2, -0.15) is 5.10 Å². The summed E-state index contributed by atoms with van der Waals surface area (Å²) in [4.78, 5) is 11.5. The summed E-state index contributed by atoms with van der Waals surface area (Å²) in [5.74, 6) is 1.86. The third-order valence-corrected chi connectivity index (χ3v) is 5.21. The lowest BCUT2D eigenvalue weighted by atomic mass is 10.1. The van der Waals surface area contributed by atoms with Gasteiger partial charge in [0.25, 0.3) is 0 Å². The number of methoxy groups -OCH3 is 1. The van der Waals surface area contributed by atoms with Crippen LogP contribution in [0.2, 0.25) is 0 Å². The Morgan fingerprint density at radius 1 is 1.10 bits per heavy atom. The molecule has 1 aliphatic rings. The molecule has 0 saturated carbocycles. The molecule has 8 heteroatoms. The van der Waals surface area contributed by atoms with E-state index in [1.54, 1.807) is 7.11 Å². The second kappa shape index (κ2) is 8.91. The summed E-state index contributed by atoms with van der Waals surface area (Å²) in [7, 11) is 1.54. The number of aliphatic hydroxyl groups excluding tert-OH is 1. The molecule has 1 unspecified atom stereocenters. The molecule has 1 aromatic carbocycles. The van der Waals surface area contributed by atoms with E-state index in [2.05, 4.69) is 40.0 Å². The Morgan fingerprint density at radius 2 is 1.87 bits per heavy atom. The lowest BCUT2D eigenvalue weighted by molar-refractivity contribution is 0.0422. The van der Waals surface area contributed by atoms with Gasteiger partial charge in [0, 0.05) is 37.5 Å². The van der Waals surface area contributed by atoms with Crippen molar-refractivity contribution in [3.05, 3.63) is 53.5 Å². The first-order chi connectivity index (χ1) is 14.6. The van der Waals surface area contributed by atoms with Gasteiger partial charge in [-0.05, 0) is 26.0 Å². The molecule has 3 aromatic rings. The first kappa shape index (κ1) is 20.5. The van der Waals surface area contributed by atoms with E-state index in [1.165, 1.54) is 5.56 Å². The van der Waals surface area contributed by atoms with Crippen molar-refractivity contribution in [1.29, 1.82) is 0 Å². The minimum atomic E-state index is -0.600. The molecule has 1 aliphatic heterocycles. The largest absolute Gasteiger partial charge is 0.393 e. The van der Waals surface area contributed by atoms with E-state index in [0.29, 0.717) is 24.9 Å². The van der Waals surface area contributed by atoms with Gasteiger partial charge >= 0.3 is 0 Å². The van der Waals surface area contributed by atoms with E-state index in [0.717, 1.165) is 35.9 Å². The quantitative estimate of drug-likeness (QED) is 0.669. The van der Waals surface area contributed by atoms with Crippen molar-refractivity contribution in [2.24, 2.45) is 0 Å². The van der Waals surface area contributed by atoms with Crippen molar-refractivity contribution in [2.45, 2.75) is 20.0 Å². The predicted octanol–water partition coefficient (Wildman–Crippen LogP) is 2.46. The summed E-state index contributed by atoms with van der Waals surface area (Å²) >= 11 is 0. The number of rotatable bonds is 6. The summed E-state index contributed by atoms with van der Waals surface area (Å²) < 4.78 is 12.7. The van der Waals surface area contributed by atoms with Crippen LogP contribution < -0.4 is 4.90 Å². The van der Waals surface area contributed by atoms with Crippen molar-refractivity contribution >= 4 is 5.82 Å². The SMILES string of the molecule is COC(CO)c1nc(N2CCOCC2)cc(-n2nc(-c3cccc(C)c3)cc2C)n1. The first-order valence-electron chi connectivity index (χ1n) is 10.1. The molecule has 1 fully saturated rings. The molecule has 0 amide bonds. The summed E-state index contributed by atoms with van der Waals surface area (Å²) in [6, 6.07) is 12.2. The van der Waals surface area contributed by atoms with Crippen molar-refractivity contribution in [3.63, 3.8) is 0 Å². The number of hydrogen-bond acceptors (Lipinski definition) is 7. The standard InChI is InChI=1S/C22H27N5O3/c1-15-5-4-6-17(11-15)18-12-16(2)27(25-18)21-13-20(26-7-9-30-10-8-26)23-22(24-21)19(14-28)29-3/h4-6,11-13,19,28H,7-10,14H2,1-3H3. The lowest BCUT2D eigenvalue weighted by Gasteiger charge is -2.28. The molecule has 1 saturated heterocycles. The number of morpholine rings is 1. The smallest absolute Gasteiger partial charge is 0.164 e. The van der Waals surface area contributed by atoms with Crippen molar-refractivity contribution < 1.29 is 14.6 Å². The fraction of sp³-hybridized carbons (Fsp3) is 0.409. The summed E-state index contributed by atoms with van der Waals surface area (Å²) in [5, 5.41) is 14.5. The van der Waals surface area contributed by atoms with Gasteiger partial charge in [0.2, 0.25) is 0 Å². The van der Waals surface area contributed by atoms with Crippen molar-refractivity contribution in [1.82, 2.24) is 19.7 Å². The van der Waals surface area contributed by atoms with Crippen LogP contribution in [0.4, 0.5) is 5.82 Å². The lowest BCUT2D eigenvalue weighted by Crippen LogP contribution is -2.37. The molecule has 0 aliphatic carbocycles. The third-order valence-electron chi connectivity index (χ3n) is 5.21. The summed E-state index contributed by atoms with van der Waals surface area (Å²) in [6.45, 7) is 6.68. The molecule has 3 heterocycles. The second-order valence-electron chi connectivity index (χ2n) is 7.40. The number of aryl methyl sites for hydroxylation is 2. The Labute approximate surface area is 176 Å². The number of ether oxygens (including phenoxy) is 2. The molecule has 2 aromatic heterocycles. The van der Waals surface area contributed by atoms with Crippen LogP contribution in [-0.2, 0) is 9.47 Å². The zero-order valence-electron chi connectivity index (χ0n) is 17.6. The van der Waals surface area contributed by atoms with Gasteiger partial charge in [0.15, 0.2) is 11.6 Å². The van der Waals surface area contributed by atoms with E-state index < -0.39 is 6.10 Å². The minimum absolute atomic E-state index is 0.199. The van der Waals surface area contributed by atoms with Crippen LogP contribution in [0.5, 0.6) is 0 Å². The number of anilines is 1. The van der Waals surface area contributed by atoms with Gasteiger partial charge in [-0.3, -0.25) is 0 Å². The number of aromatic nitrogens is 4. The monoisotopic (exact) mass is 409 g/mol. The zero-order valence-corrected chi connectivity index (χ0v) is 17.6. The van der Waals surface area contributed by atoms with Crippen LogP contribution in [0.15, 0.2) is 36.4 Å². The summed E-state index contributed by atoms with van der Waals surface area (Å²) in [5.41, 5.74) is 4.09. The molecular weight excluding hydrogens is 382 g/mol. The van der Waals surface area contributed by atoms with Crippen LogP contribution in [0, 0.1) is 13.8 Å². The second-order valence-corrected chi connectivity index (χ2v) is 7.40.